The van der Waals surface area contributed by atoms with Crippen LogP contribution in [0.25, 0.3) is 10.2 Å². The third-order valence-electron chi connectivity index (χ3n) is 7.00. The summed E-state index contributed by atoms with van der Waals surface area (Å²) >= 11 is 1.80. The fraction of sp³-hybridized carbons (Fsp3) is 0.500. The minimum Gasteiger partial charge on any atom is -0.352 e. The first kappa shape index (κ1) is 24.0. The van der Waals surface area contributed by atoms with Crippen molar-refractivity contribution in [3.05, 3.63) is 51.7 Å². The van der Waals surface area contributed by atoms with Crippen molar-refractivity contribution in [3.8, 4) is 0 Å². The Bertz CT molecular complexity index is 1240. The number of amides is 1. The van der Waals surface area contributed by atoms with Gasteiger partial charge < -0.3 is 9.80 Å². The third-order valence-corrected chi connectivity index (χ3v) is 8.14. The van der Waals surface area contributed by atoms with Crippen molar-refractivity contribution in [1.29, 1.82) is 0 Å². The first-order chi connectivity index (χ1) is 16.6. The Labute approximate surface area is 207 Å². The van der Waals surface area contributed by atoms with E-state index in [0.29, 0.717) is 32.1 Å². The molecule has 5 nitrogen and oxygen atoms in total. The van der Waals surface area contributed by atoms with Crippen LogP contribution in [0.4, 0.5) is 19.0 Å². The van der Waals surface area contributed by atoms with Crippen molar-refractivity contribution >= 4 is 33.3 Å². The Balaban J connectivity index is 1.38. The predicted octanol–water partition coefficient (Wildman–Crippen LogP) is 5.92. The van der Waals surface area contributed by atoms with Gasteiger partial charge in [0.15, 0.2) is 0 Å². The number of hydrogen-bond donors (Lipinski definition) is 0. The number of rotatable bonds is 3. The first-order valence-electron chi connectivity index (χ1n) is 12.2. The molecule has 2 aliphatic rings. The van der Waals surface area contributed by atoms with Gasteiger partial charge in [-0.2, -0.15) is 13.2 Å². The lowest BCUT2D eigenvalue weighted by Gasteiger charge is -2.36. The number of nitrogens with zero attached hydrogens (tertiary/aromatic N) is 4. The number of alkyl halides is 3. The van der Waals surface area contributed by atoms with Crippen LogP contribution < -0.4 is 4.90 Å². The second kappa shape index (κ2) is 9.08. The molecule has 1 fully saturated rings. The molecule has 186 valence electrons. The van der Waals surface area contributed by atoms with Gasteiger partial charge in [-0.05, 0) is 55.0 Å². The van der Waals surface area contributed by atoms with E-state index in [4.69, 9.17) is 9.97 Å². The summed E-state index contributed by atoms with van der Waals surface area (Å²) in [6, 6.07) is 4.46. The number of halogens is 3. The molecule has 1 amide bonds. The van der Waals surface area contributed by atoms with E-state index in [2.05, 4.69) is 25.7 Å². The van der Waals surface area contributed by atoms with E-state index in [1.54, 1.807) is 16.2 Å². The molecule has 35 heavy (non-hydrogen) atoms. The molecule has 3 heterocycles. The maximum atomic E-state index is 12.9. The number of hydrogen-bond acceptors (Lipinski definition) is 5. The minimum atomic E-state index is -4.41. The average molecular weight is 503 g/mol. The fourth-order valence-electron chi connectivity index (χ4n) is 4.93. The quantitative estimate of drug-likeness (QED) is 0.446. The molecule has 0 radical (unpaired) electrons. The molecule has 0 unspecified atom stereocenters. The molecule has 1 saturated heterocycles. The van der Waals surface area contributed by atoms with Gasteiger partial charge in [0.1, 0.15) is 16.5 Å². The van der Waals surface area contributed by atoms with Gasteiger partial charge in [-0.1, -0.05) is 20.8 Å². The SMILES string of the molecule is CC(C)c1nc(N2CCN(C(=O)c3ccc(C(F)(F)F)cc3)CC2)c2c3c(sc2n1)C[C@@H](C)CC3. The molecule has 3 aromatic rings. The van der Waals surface area contributed by atoms with Crippen LogP contribution in [0.2, 0.25) is 0 Å². The van der Waals surface area contributed by atoms with E-state index < -0.39 is 11.7 Å². The normalized spacial score (nSPS) is 18.9. The van der Waals surface area contributed by atoms with Crippen LogP contribution in [0.5, 0.6) is 0 Å². The Hall–Kier alpha value is -2.68. The van der Waals surface area contributed by atoms with Gasteiger partial charge >= 0.3 is 6.18 Å². The van der Waals surface area contributed by atoms with Crippen molar-refractivity contribution in [3.63, 3.8) is 0 Å². The predicted molar refractivity (Wildman–Crippen MR) is 132 cm³/mol. The number of piperazine rings is 1. The van der Waals surface area contributed by atoms with Crippen LogP contribution in [-0.2, 0) is 19.0 Å². The van der Waals surface area contributed by atoms with Gasteiger partial charge in [0.25, 0.3) is 5.91 Å². The van der Waals surface area contributed by atoms with Gasteiger partial charge in [-0.15, -0.1) is 11.3 Å². The van der Waals surface area contributed by atoms with Crippen molar-refractivity contribution in [2.45, 2.75) is 52.1 Å². The van der Waals surface area contributed by atoms with Gasteiger partial charge in [0, 0.05) is 42.5 Å². The van der Waals surface area contributed by atoms with Crippen molar-refractivity contribution in [1.82, 2.24) is 14.9 Å². The van der Waals surface area contributed by atoms with Crippen LogP contribution in [-0.4, -0.2) is 47.0 Å². The monoisotopic (exact) mass is 502 g/mol. The number of aromatic nitrogens is 2. The summed E-state index contributed by atoms with van der Waals surface area (Å²) in [5, 5.41) is 1.17. The standard InChI is InChI=1S/C26H29F3N4OS/c1-15(2)22-30-23(21-19-9-4-16(3)14-20(19)35-24(21)31-22)32-10-12-33(13-11-32)25(34)17-5-7-18(8-6-17)26(27,28)29/h5-8,15-16H,4,9-14H2,1-3H3/t16-/m0/s1. The van der Waals surface area contributed by atoms with Gasteiger partial charge in [-0.3, -0.25) is 4.79 Å². The third kappa shape index (κ3) is 4.62. The van der Waals surface area contributed by atoms with Gasteiger partial charge in [0.05, 0.1) is 10.9 Å². The highest BCUT2D eigenvalue weighted by atomic mass is 32.1. The van der Waals surface area contributed by atoms with E-state index in [-0.39, 0.29) is 17.4 Å². The molecule has 9 heteroatoms. The summed E-state index contributed by atoms with van der Waals surface area (Å²) in [7, 11) is 0. The van der Waals surface area contributed by atoms with Crippen LogP contribution >= 0.6 is 11.3 Å². The van der Waals surface area contributed by atoms with Crippen LogP contribution in [0.3, 0.4) is 0 Å². The summed E-state index contributed by atoms with van der Waals surface area (Å²) in [6.07, 6.45) is -1.12. The molecule has 1 aliphatic heterocycles. The lowest BCUT2D eigenvalue weighted by atomic mass is 9.89. The molecular formula is C26H29F3N4OS. The highest BCUT2D eigenvalue weighted by Gasteiger charge is 2.32. The molecule has 0 saturated carbocycles. The first-order valence-corrected chi connectivity index (χ1v) is 13.0. The largest absolute Gasteiger partial charge is 0.416 e. The van der Waals surface area contributed by atoms with E-state index in [0.717, 1.165) is 41.4 Å². The zero-order chi connectivity index (χ0) is 24.9. The van der Waals surface area contributed by atoms with E-state index in [1.165, 1.54) is 34.4 Å². The topological polar surface area (TPSA) is 49.3 Å². The highest BCUT2D eigenvalue weighted by Crippen LogP contribution is 2.41. The maximum Gasteiger partial charge on any atom is 0.416 e. The molecule has 5 rings (SSSR count). The summed E-state index contributed by atoms with van der Waals surface area (Å²) in [4.78, 5) is 29.3. The van der Waals surface area contributed by atoms with Crippen molar-refractivity contribution in [2.75, 3.05) is 31.1 Å². The van der Waals surface area contributed by atoms with Crippen LogP contribution in [0, 0.1) is 5.92 Å². The maximum absolute atomic E-state index is 12.9. The molecule has 1 atom stereocenters. The highest BCUT2D eigenvalue weighted by molar-refractivity contribution is 7.19. The lowest BCUT2D eigenvalue weighted by molar-refractivity contribution is -0.137. The van der Waals surface area contributed by atoms with Crippen LogP contribution in [0.1, 0.15) is 65.3 Å². The second-order valence-corrected chi connectivity index (χ2v) is 11.0. The number of thiophene rings is 1. The Kier molecular flexibility index (Phi) is 6.23. The molecule has 0 spiro atoms. The number of fused-ring (bicyclic) bond motifs is 3. The summed E-state index contributed by atoms with van der Waals surface area (Å²) in [5.41, 5.74) is 0.914. The summed E-state index contributed by atoms with van der Waals surface area (Å²) in [6.45, 7) is 8.72. The second-order valence-electron chi connectivity index (χ2n) is 9.95. The number of anilines is 1. The number of carbonyl (C=O) groups excluding carboxylic acids is 1. The smallest absolute Gasteiger partial charge is 0.352 e. The molecule has 1 aromatic carbocycles. The lowest BCUT2D eigenvalue weighted by Crippen LogP contribution is -2.49. The number of aryl methyl sites for hydroxylation is 1. The van der Waals surface area contributed by atoms with E-state index in [1.807, 2.05) is 0 Å². The Morgan fingerprint density at radius 1 is 1.09 bits per heavy atom. The van der Waals surface area contributed by atoms with Crippen molar-refractivity contribution < 1.29 is 18.0 Å². The summed E-state index contributed by atoms with van der Waals surface area (Å²) < 4.78 is 38.6. The fourth-order valence-corrected chi connectivity index (χ4v) is 6.32. The zero-order valence-corrected chi connectivity index (χ0v) is 21.0. The molecule has 0 N–H and O–H groups in total. The van der Waals surface area contributed by atoms with Gasteiger partial charge in [0.2, 0.25) is 0 Å². The number of benzene rings is 1. The molecular weight excluding hydrogens is 473 g/mol. The molecule has 1 aliphatic carbocycles. The average Bonchev–Trinajstić information content (AvgIpc) is 3.20. The summed E-state index contributed by atoms with van der Waals surface area (Å²) in [5.74, 6) is 2.45. The van der Waals surface area contributed by atoms with Crippen molar-refractivity contribution in [2.24, 2.45) is 5.92 Å². The molecule has 0 bridgehead atoms. The Morgan fingerprint density at radius 3 is 2.40 bits per heavy atom. The Morgan fingerprint density at radius 2 is 1.77 bits per heavy atom. The minimum absolute atomic E-state index is 0.207. The number of carbonyl (C=O) groups is 1. The molecule has 2 aromatic heterocycles. The van der Waals surface area contributed by atoms with E-state index in [9.17, 15) is 18.0 Å². The zero-order valence-electron chi connectivity index (χ0n) is 20.2. The van der Waals surface area contributed by atoms with E-state index >= 15 is 0 Å². The van der Waals surface area contributed by atoms with Crippen LogP contribution in [0.15, 0.2) is 24.3 Å². The van der Waals surface area contributed by atoms with Gasteiger partial charge in [-0.25, -0.2) is 9.97 Å².